The number of nitrogens with zero attached hydrogens (tertiary/aromatic N) is 5. The lowest BCUT2D eigenvalue weighted by Gasteiger charge is -2.14. The lowest BCUT2D eigenvalue weighted by molar-refractivity contribution is 0.0836. The zero-order valence-corrected chi connectivity index (χ0v) is 15.2. The summed E-state index contributed by atoms with van der Waals surface area (Å²) >= 11 is 0. The summed E-state index contributed by atoms with van der Waals surface area (Å²) in [6, 6.07) is 9.25. The van der Waals surface area contributed by atoms with Crippen molar-refractivity contribution in [2.75, 3.05) is 13.7 Å². The number of aliphatic hydroxyl groups excluding tert-OH is 1. The summed E-state index contributed by atoms with van der Waals surface area (Å²) in [5.74, 6) is 1.63. The maximum Gasteiger partial charge on any atom is 0.206 e. The van der Waals surface area contributed by atoms with E-state index in [1.165, 1.54) is 4.80 Å². The van der Waals surface area contributed by atoms with E-state index in [1.807, 2.05) is 43.3 Å². The normalized spacial score (nSPS) is 12.3. The van der Waals surface area contributed by atoms with Gasteiger partial charge in [0.15, 0.2) is 11.5 Å². The number of hydrogen-bond donors (Lipinski definition) is 1. The lowest BCUT2D eigenvalue weighted by atomic mass is 10.2. The second-order valence-corrected chi connectivity index (χ2v) is 5.78. The molecule has 0 spiro atoms. The molecule has 2 heterocycles. The van der Waals surface area contributed by atoms with Crippen LogP contribution in [0.2, 0.25) is 0 Å². The molecule has 0 aliphatic rings. The van der Waals surface area contributed by atoms with Gasteiger partial charge in [-0.2, -0.15) is 4.80 Å². The van der Waals surface area contributed by atoms with Crippen molar-refractivity contribution in [3.8, 4) is 22.9 Å². The fourth-order valence-corrected chi connectivity index (χ4v) is 2.46. The van der Waals surface area contributed by atoms with Gasteiger partial charge in [-0.1, -0.05) is 18.2 Å². The third kappa shape index (κ3) is 4.89. The number of pyridine rings is 1. The molecule has 8 heteroatoms. The monoisotopic (exact) mass is 367 g/mol. The van der Waals surface area contributed by atoms with E-state index in [-0.39, 0.29) is 13.2 Å². The van der Waals surface area contributed by atoms with Crippen molar-refractivity contribution >= 4 is 6.08 Å². The molecule has 0 saturated carbocycles. The van der Waals surface area contributed by atoms with Gasteiger partial charge in [-0.25, -0.2) is 0 Å². The summed E-state index contributed by atoms with van der Waals surface area (Å²) in [4.78, 5) is 5.36. The van der Waals surface area contributed by atoms with Gasteiger partial charge in [0.25, 0.3) is 0 Å². The SMILES string of the molecule is C/C=C\c1ccc(OC[C@H](O)Cn2nnc(-c3cccnc3)n2)c(OC)c1. The molecule has 8 nitrogen and oxygen atoms in total. The maximum absolute atomic E-state index is 10.2. The topological polar surface area (TPSA) is 95.2 Å². The predicted octanol–water partition coefficient (Wildman–Crippen LogP) is 2.22. The average molecular weight is 367 g/mol. The number of benzene rings is 1. The number of tetrazole rings is 1. The number of ether oxygens (including phenoxy) is 2. The van der Waals surface area contributed by atoms with Gasteiger partial charge in [-0.05, 0) is 42.0 Å². The molecule has 2 aromatic heterocycles. The van der Waals surface area contributed by atoms with E-state index in [0.717, 1.165) is 11.1 Å². The largest absolute Gasteiger partial charge is 0.493 e. The van der Waals surface area contributed by atoms with Crippen LogP contribution in [-0.4, -0.2) is 50.1 Å². The number of aliphatic hydroxyl groups is 1. The Hall–Kier alpha value is -3.26. The first-order valence-corrected chi connectivity index (χ1v) is 8.49. The number of rotatable bonds is 8. The second kappa shape index (κ2) is 8.91. The number of aromatic nitrogens is 5. The van der Waals surface area contributed by atoms with Crippen LogP contribution in [0.1, 0.15) is 12.5 Å². The first-order valence-electron chi connectivity index (χ1n) is 8.49. The number of hydrogen-bond acceptors (Lipinski definition) is 7. The fraction of sp³-hybridized carbons (Fsp3) is 0.263. The predicted molar refractivity (Wildman–Crippen MR) is 100 cm³/mol. The highest BCUT2D eigenvalue weighted by Crippen LogP contribution is 2.28. The highest BCUT2D eigenvalue weighted by molar-refractivity contribution is 5.55. The van der Waals surface area contributed by atoms with Crippen molar-refractivity contribution in [2.24, 2.45) is 0 Å². The molecule has 0 saturated heterocycles. The van der Waals surface area contributed by atoms with Gasteiger partial charge in [0, 0.05) is 18.0 Å². The second-order valence-electron chi connectivity index (χ2n) is 5.78. The van der Waals surface area contributed by atoms with E-state index in [9.17, 15) is 5.11 Å². The molecule has 3 aromatic rings. The molecule has 140 valence electrons. The average Bonchev–Trinajstić information content (AvgIpc) is 3.16. The Kier molecular flexibility index (Phi) is 6.11. The molecule has 1 aromatic carbocycles. The van der Waals surface area contributed by atoms with Crippen molar-refractivity contribution in [3.63, 3.8) is 0 Å². The molecule has 1 atom stereocenters. The molecule has 0 amide bonds. The third-order valence-corrected chi connectivity index (χ3v) is 3.72. The Morgan fingerprint density at radius 1 is 1.26 bits per heavy atom. The molecule has 0 aliphatic carbocycles. The quantitative estimate of drug-likeness (QED) is 0.652. The zero-order chi connectivity index (χ0) is 19.1. The molecule has 0 unspecified atom stereocenters. The van der Waals surface area contributed by atoms with Gasteiger partial charge in [-0.3, -0.25) is 4.98 Å². The Morgan fingerprint density at radius 2 is 2.15 bits per heavy atom. The Bertz CT molecular complexity index is 895. The van der Waals surface area contributed by atoms with E-state index < -0.39 is 6.10 Å². The van der Waals surface area contributed by atoms with Crippen LogP contribution in [0.15, 0.2) is 48.8 Å². The fourth-order valence-electron chi connectivity index (χ4n) is 2.46. The minimum Gasteiger partial charge on any atom is -0.493 e. The smallest absolute Gasteiger partial charge is 0.206 e. The van der Waals surface area contributed by atoms with Crippen LogP contribution in [-0.2, 0) is 6.54 Å². The minimum absolute atomic E-state index is 0.0725. The van der Waals surface area contributed by atoms with E-state index >= 15 is 0 Å². The van der Waals surface area contributed by atoms with Crippen LogP contribution in [0.3, 0.4) is 0 Å². The Balaban J connectivity index is 1.59. The van der Waals surface area contributed by atoms with Crippen molar-refractivity contribution in [1.82, 2.24) is 25.2 Å². The summed E-state index contributed by atoms with van der Waals surface area (Å²) < 4.78 is 11.0. The minimum atomic E-state index is -0.805. The highest BCUT2D eigenvalue weighted by Gasteiger charge is 2.13. The van der Waals surface area contributed by atoms with Crippen LogP contribution >= 0.6 is 0 Å². The van der Waals surface area contributed by atoms with E-state index in [4.69, 9.17) is 9.47 Å². The summed E-state index contributed by atoms with van der Waals surface area (Å²) in [5.41, 5.74) is 1.78. The van der Waals surface area contributed by atoms with Gasteiger partial charge >= 0.3 is 0 Å². The molecule has 27 heavy (non-hydrogen) atoms. The summed E-state index contributed by atoms with van der Waals surface area (Å²) in [5, 5.41) is 22.4. The van der Waals surface area contributed by atoms with Crippen molar-refractivity contribution in [2.45, 2.75) is 19.6 Å². The van der Waals surface area contributed by atoms with Crippen LogP contribution in [0.4, 0.5) is 0 Å². The maximum atomic E-state index is 10.2. The van der Waals surface area contributed by atoms with Crippen LogP contribution in [0.25, 0.3) is 17.5 Å². The summed E-state index contributed by atoms with van der Waals surface area (Å²) in [6.07, 6.45) is 6.45. The molecule has 1 N–H and O–H groups in total. The van der Waals surface area contributed by atoms with Gasteiger partial charge in [0.1, 0.15) is 12.7 Å². The van der Waals surface area contributed by atoms with Crippen LogP contribution in [0.5, 0.6) is 11.5 Å². The molecular formula is C19H21N5O3. The van der Waals surface area contributed by atoms with Gasteiger partial charge < -0.3 is 14.6 Å². The number of methoxy groups -OCH3 is 1. The van der Waals surface area contributed by atoms with Crippen molar-refractivity contribution in [3.05, 3.63) is 54.4 Å². The van der Waals surface area contributed by atoms with Gasteiger partial charge in [-0.15, -0.1) is 10.2 Å². The first kappa shape index (κ1) is 18.5. The Morgan fingerprint density at radius 3 is 2.89 bits per heavy atom. The highest BCUT2D eigenvalue weighted by atomic mass is 16.5. The van der Waals surface area contributed by atoms with E-state index in [0.29, 0.717) is 17.3 Å². The van der Waals surface area contributed by atoms with Crippen molar-refractivity contribution in [1.29, 1.82) is 0 Å². The van der Waals surface area contributed by atoms with Crippen LogP contribution in [0, 0.1) is 0 Å². The molecule has 0 aliphatic heterocycles. The van der Waals surface area contributed by atoms with Crippen molar-refractivity contribution < 1.29 is 14.6 Å². The standard InChI is InChI=1S/C19H21N5O3/c1-3-5-14-7-8-17(18(10-14)26-2)27-13-16(25)12-24-22-19(21-23-24)15-6-4-9-20-11-15/h3-11,16,25H,12-13H2,1-2H3/b5-3-/t16-/m1/s1. The van der Waals surface area contributed by atoms with Gasteiger partial charge in [0.2, 0.25) is 5.82 Å². The molecule has 0 bridgehead atoms. The number of allylic oxidation sites excluding steroid dienone is 1. The molecule has 0 radical (unpaired) electrons. The van der Waals surface area contributed by atoms with E-state index in [1.54, 1.807) is 25.6 Å². The zero-order valence-electron chi connectivity index (χ0n) is 15.2. The summed E-state index contributed by atoms with van der Waals surface area (Å²) in [6.45, 7) is 2.18. The molecular weight excluding hydrogens is 346 g/mol. The summed E-state index contributed by atoms with van der Waals surface area (Å²) in [7, 11) is 1.58. The van der Waals surface area contributed by atoms with Crippen LogP contribution < -0.4 is 9.47 Å². The third-order valence-electron chi connectivity index (χ3n) is 3.72. The lowest BCUT2D eigenvalue weighted by Crippen LogP contribution is -2.25. The van der Waals surface area contributed by atoms with E-state index in [2.05, 4.69) is 20.4 Å². The molecule has 3 rings (SSSR count). The first-order chi connectivity index (χ1) is 13.2. The van der Waals surface area contributed by atoms with Gasteiger partial charge in [0.05, 0.1) is 13.7 Å². The Labute approximate surface area is 157 Å². The molecule has 0 fully saturated rings.